The summed E-state index contributed by atoms with van der Waals surface area (Å²) in [5.74, 6) is -1.40. The predicted molar refractivity (Wildman–Crippen MR) is 60.0 cm³/mol. The maximum absolute atomic E-state index is 11.4. The molecule has 0 saturated heterocycles. The molecule has 0 aliphatic carbocycles. The highest BCUT2D eigenvalue weighted by Gasteiger charge is 2.11. The summed E-state index contributed by atoms with van der Waals surface area (Å²) in [5, 5.41) is 9.43. The molecule has 0 aliphatic heterocycles. The molecule has 0 aromatic carbocycles. The van der Waals surface area contributed by atoms with E-state index in [-0.39, 0.29) is 17.3 Å². The number of amides is 1. The smallest absolute Gasteiger partial charge is 0.283 e. The van der Waals surface area contributed by atoms with Gasteiger partial charge in [-0.2, -0.15) is 4.99 Å². The Kier molecular flexibility index (Phi) is 5.25. The first kappa shape index (κ1) is 12.7. The zero-order valence-electron chi connectivity index (χ0n) is 8.18. The molecule has 0 bridgehead atoms. The third kappa shape index (κ3) is 4.47. The summed E-state index contributed by atoms with van der Waals surface area (Å²) >= 11 is 0. The third-order valence-corrected chi connectivity index (χ3v) is 1.30. The zero-order valence-corrected chi connectivity index (χ0v) is 8.18. The summed E-state index contributed by atoms with van der Waals surface area (Å²) in [4.78, 5) is 14.6. The number of aliphatic hydroxyl groups excluding tert-OH is 1. The Morgan fingerprint density at radius 2 is 1.73 bits per heavy atom. The van der Waals surface area contributed by atoms with Crippen molar-refractivity contribution in [2.24, 2.45) is 16.5 Å². The van der Waals surface area contributed by atoms with Gasteiger partial charge in [0, 0.05) is 0 Å². The maximum Gasteiger partial charge on any atom is 0.283 e. The first-order valence-electron chi connectivity index (χ1n) is 4.01. The van der Waals surface area contributed by atoms with E-state index in [0.717, 1.165) is 0 Å². The average molecular weight is 207 g/mol. The van der Waals surface area contributed by atoms with Crippen LogP contribution in [0, 0.1) is 0 Å². The van der Waals surface area contributed by atoms with E-state index in [9.17, 15) is 9.90 Å². The Hall–Kier alpha value is -2.30. The summed E-state index contributed by atoms with van der Waals surface area (Å²) in [7, 11) is 0. The molecule has 15 heavy (non-hydrogen) atoms. The number of carbonyl (C=O) groups excluding carboxylic acids is 1. The lowest BCUT2D eigenvalue weighted by atomic mass is 10.2. The molecule has 0 aliphatic rings. The van der Waals surface area contributed by atoms with Crippen LogP contribution < -0.4 is 11.5 Å². The molecule has 5 heteroatoms. The van der Waals surface area contributed by atoms with E-state index in [1.54, 1.807) is 0 Å². The lowest BCUT2D eigenvalue weighted by Crippen LogP contribution is -2.24. The van der Waals surface area contributed by atoms with Crippen molar-refractivity contribution in [2.75, 3.05) is 0 Å². The van der Waals surface area contributed by atoms with Crippen molar-refractivity contribution < 1.29 is 9.90 Å². The monoisotopic (exact) mass is 207 g/mol. The molecule has 0 saturated carbocycles. The standard InChI is InChI=1S/C10H13N3O2/c1-3-5-7(8(14)6-4-2)9(15)13-10(11)12/h3-6,14H,1-2H2,(H4,11,12,13,15)/b7-5+,8-6+. The normalized spacial score (nSPS) is 11.7. The van der Waals surface area contributed by atoms with Gasteiger partial charge >= 0.3 is 0 Å². The van der Waals surface area contributed by atoms with Crippen molar-refractivity contribution in [3.8, 4) is 0 Å². The van der Waals surface area contributed by atoms with E-state index in [2.05, 4.69) is 18.2 Å². The Morgan fingerprint density at radius 3 is 2.13 bits per heavy atom. The Morgan fingerprint density at radius 1 is 1.20 bits per heavy atom. The zero-order chi connectivity index (χ0) is 11.8. The second kappa shape index (κ2) is 6.20. The van der Waals surface area contributed by atoms with Gasteiger partial charge in [0.2, 0.25) is 0 Å². The van der Waals surface area contributed by atoms with Crippen molar-refractivity contribution in [3.63, 3.8) is 0 Å². The van der Waals surface area contributed by atoms with E-state index in [4.69, 9.17) is 11.5 Å². The minimum Gasteiger partial charge on any atom is -0.507 e. The minimum atomic E-state index is -0.745. The fourth-order valence-corrected chi connectivity index (χ4v) is 0.763. The minimum absolute atomic E-state index is 0.0571. The SMILES string of the molecule is C=C/C=C(O)\C(=C/C=C)C(=O)N=C(N)N. The van der Waals surface area contributed by atoms with Gasteiger partial charge in [0.05, 0.1) is 5.57 Å². The Balaban J connectivity index is 5.17. The number of guanidine groups is 1. The van der Waals surface area contributed by atoms with Gasteiger partial charge in [-0.15, -0.1) is 0 Å². The van der Waals surface area contributed by atoms with Crippen LogP contribution in [0.2, 0.25) is 0 Å². The van der Waals surface area contributed by atoms with E-state index in [1.165, 1.54) is 24.3 Å². The van der Waals surface area contributed by atoms with Crippen LogP contribution in [0.5, 0.6) is 0 Å². The van der Waals surface area contributed by atoms with Crippen LogP contribution in [0.15, 0.2) is 53.8 Å². The fraction of sp³-hybridized carbons (Fsp3) is 0. The van der Waals surface area contributed by atoms with Crippen LogP contribution in [0.4, 0.5) is 0 Å². The molecule has 0 radical (unpaired) electrons. The number of rotatable bonds is 4. The van der Waals surface area contributed by atoms with Gasteiger partial charge in [-0.3, -0.25) is 4.79 Å². The summed E-state index contributed by atoms with van der Waals surface area (Å²) in [6.07, 6.45) is 5.21. The molecule has 5 nitrogen and oxygen atoms in total. The number of allylic oxidation sites excluding steroid dienone is 4. The molecule has 0 unspecified atom stereocenters. The second-order valence-corrected chi connectivity index (χ2v) is 2.45. The predicted octanol–water partition coefficient (Wildman–Crippen LogP) is 0.527. The number of aliphatic hydroxyl groups is 1. The molecule has 0 aromatic rings. The number of hydrogen-bond acceptors (Lipinski definition) is 2. The Bertz CT molecular complexity index is 361. The van der Waals surface area contributed by atoms with Crippen LogP contribution in [0.25, 0.3) is 0 Å². The number of aliphatic imine (C=N–C) groups is 1. The van der Waals surface area contributed by atoms with Crippen LogP contribution in [-0.4, -0.2) is 17.0 Å². The lowest BCUT2D eigenvalue weighted by Gasteiger charge is -2.00. The Labute approximate surface area is 87.8 Å². The quantitative estimate of drug-likeness (QED) is 0.206. The molecule has 0 heterocycles. The highest BCUT2D eigenvalue weighted by Crippen LogP contribution is 2.09. The molecule has 0 atom stereocenters. The van der Waals surface area contributed by atoms with E-state index >= 15 is 0 Å². The first-order chi connectivity index (χ1) is 7.02. The molecule has 0 fully saturated rings. The molecular weight excluding hydrogens is 194 g/mol. The highest BCUT2D eigenvalue weighted by molar-refractivity contribution is 6.04. The van der Waals surface area contributed by atoms with E-state index in [1.807, 2.05) is 0 Å². The van der Waals surface area contributed by atoms with Crippen molar-refractivity contribution in [1.29, 1.82) is 0 Å². The summed E-state index contributed by atoms with van der Waals surface area (Å²) in [6, 6.07) is 0. The molecule has 80 valence electrons. The van der Waals surface area contributed by atoms with Gasteiger partial charge in [-0.05, 0) is 12.2 Å². The van der Waals surface area contributed by atoms with Gasteiger partial charge in [-0.25, -0.2) is 0 Å². The molecule has 0 rings (SSSR count). The van der Waals surface area contributed by atoms with E-state index < -0.39 is 5.91 Å². The van der Waals surface area contributed by atoms with Gasteiger partial charge in [0.15, 0.2) is 5.96 Å². The number of carbonyl (C=O) groups is 1. The number of hydrogen-bond donors (Lipinski definition) is 3. The largest absolute Gasteiger partial charge is 0.507 e. The van der Waals surface area contributed by atoms with Gasteiger partial charge < -0.3 is 16.6 Å². The molecule has 0 aromatic heterocycles. The average Bonchev–Trinajstić information content (AvgIpc) is 2.13. The van der Waals surface area contributed by atoms with Crippen LogP contribution in [-0.2, 0) is 4.79 Å². The maximum atomic E-state index is 11.4. The van der Waals surface area contributed by atoms with Crippen molar-refractivity contribution >= 4 is 11.9 Å². The number of nitrogens with two attached hydrogens (primary N) is 2. The van der Waals surface area contributed by atoms with Crippen molar-refractivity contribution in [3.05, 3.63) is 48.8 Å². The van der Waals surface area contributed by atoms with Crippen LogP contribution in [0.3, 0.4) is 0 Å². The third-order valence-electron chi connectivity index (χ3n) is 1.30. The first-order valence-corrected chi connectivity index (χ1v) is 4.01. The summed E-state index contributed by atoms with van der Waals surface area (Å²) in [5.41, 5.74) is 10.0. The molecule has 5 N–H and O–H groups in total. The van der Waals surface area contributed by atoms with Gasteiger partial charge in [0.25, 0.3) is 5.91 Å². The van der Waals surface area contributed by atoms with Crippen LogP contribution in [0.1, 0.15) is 0 Å². The van der Waals surface area contributed by atoms with Crippen LogP contribution >= 0.6 is 0 Å². The van der Waals surface area contributed by atoms with Crippen molar-refractivity contribution in [2.45, 2.75) is 0 Å². The lowest BCUT2D eigenvalue weighted by molar-refractivity contribution is -0.114. The topological polar surface area (TPSA) is 102 Å². The second-order valence-electron chi connectivity index (χ2n) is 2.45. The van der Waals surface area contributed by atoms with Gasteiger partial charge in [0.1, 0.15) is 5.76 Å². The summed E-state index contributed by atoms with van der Waals surface area (Å²) < 4.78 is 0. The van der Waals surface area contributed by atoms with Gasteiger partial charge in [-0.1, -0.05) is 25.3 Å². The van der Waals surface area contributed by atoms with E-state index in [0.29, 0.717) is 0 Å². The number of nitrogens with zero attached hydrogens (tertiary/aromatic N) is 1. The molecular formula is C10H13N3O2. The molecule has 0 spiro atoms. The molecule has 1 amide bonds. The van der Waals surface area contributed by atoms with Crippen molar-refractivity contribution in [1.82, 2.24) is 0 Å². The fourth-order valence-electron chi connectivity index (χ4n) is 0.763. The highest BCUT2D eigenvalue weighted by atomic mass is 16.3. The summed E-state index contributed by atoms with van der Waals surface area (Å²) in [6.45, 7) is 6.78.